The molecule has 1 aromatic carbocycles. The summed E-state index contributed by atoms with van der Waals surface area (Å²) in [6.45, 7) is 1.08. The zero-order chi connectivity index (χ0) is 19.9. The summed E-state index contributed by atoms with van der Waals surface area (Å²) in [5.74, 6) is 0.222. The maximum absolute atomic E-state index is 13.4. The molecule has 1 aliphatic carbocycles. The van der Waals surface area contributed by atoms with E-state index in [9.17, 15) is 22.7 Å². The predicted molar refractivity (Wildman–Crippen MR) is 97.3 cm³/mol. The molecule has 1 N–H and O–H groups in total. The van der Waals surface area contributed by atoms with Crippen molar-refractivity contribution in [1.29, 1.82) is 0 Å². The number of hydrogen-bond donors (Lipinski definition) is 1. The second-order valence-corrected chi connectivity index (χ2v) is 7.92. The molecular formula is C21H22F4N2O. The van der Waals surface area contributed by atoms with Gasteiger partial charge in [0.05, 0.1) is 5.60 Å². The van der Waals surface area contributed by atoms with Crippen molar-refractivity contribution in [3.05, 3.63) is 59.5 Å². The first kappa shape index (κ1) is 19.2. The molecule has 150 valence electrons. The molecule has 2 aliphatic rings. The van der Waals surface area contributed by atoms with E-state index in [2.05, 4.69) is 4.98 Å². The van der Waals surface area contributed by atoms with Crippen LogP contribution in [0.15, 0.2) is 42.5 Å². The maximum atomic E-state index is 13.4. The van der Waals surface area contributed by atoms with Gasteiger partial charge in [0, 0.05) is 19.0 Å². The first-order valence-electron chi connectivity index (χ1n) is 9.51. The number of halogens is 4. The number of nitrogens with zero attached hydrogens (tertiary/aromatic N) is 2. The molecule has 0 unspecified atom stereocenters. The SMILES string of the molecule is O[C@]1(CCc2cccc(F)c2)CC[C@@H]2CN(c3cccc(C(F)(F)F)n3)C[C@@H]21. The number of alkyl halides is 3. The molecule has 2 heterocycles. The average molecular weight is 394 g/mol. The number of benzene rings is 1. The molecule has 1 aromatic heterocycles. The molecule has 2 fully saturated rings. The van der Waals surface area contributed by atoms with Crippen LogP contribution in [0.5, 0.6) is 0 Å². The molecule has 0 amide bonds. The molecule has 3 atom stereocenters. The number of hydrogen-bond acceptors (Lipinski definition) is 3. The first-order chi connectivity index (χ1) is 13.2. The largest absolute Gasteiger partial charge is 0.433 e. The lowest BCUT2D eigenvalue weighted by molar-refractivity contribution is -0.141. The number of pyridine rings is 1. The number of anilines is 1. The molecule has 2 aromatic rings. The molecule has 0 spiro atoms. The molecule has 1 saturated heterocycles. The minimum atomic E-state index is -4.47. The summed E-state index contributed by atoms with van der Waals surface area (Å²) in [5, 5.41) is 11.2. The van der Waals surface area contributed by atoms with Gasteiger partial charge in [0.15, 0.2) is 0 Å². The van der Waals surface area contributed by atoms with Crippen LogP contribution in [0.1, 0.15) is 30.5 Å². The highest BCUT2D eigenvalue weighted by Gasteiger charge is 2.51. The molecule has 28 heavy (non-hydrogen) atoms. The van der Waals surface area contributed by atoms with Gasteiger partial charge in [0.25, 0.3) is 0 Å². The Bertz CT molecular complexity index is 856. The van der Waals surface area contributed by atoms with Crippen molar-refractivity contribution in [3.8, 4) is 0 Å². The number of fused-ring (bicyclic) bond motifs is 1. The van der Waals surface area contributed by atoms with Gasteiger partial charge in [-0.2, -0.15) is 13.2 Å². The fraction of sp³-hybridized carbons (Fsp3) is 0.476. The molecule has 3 nitrogen and oxygen atoms in total. The van der Waals surface area contributed by atoms with Crippen LogP contribution < -0.4 is 4.90 Å². The van der Waals surface area contributed by atoms with Crippen LogP contribution >= 0.6 is 0 Å². The van der Waals surface area contributed by atoms with Gasteiger partial charge in [-0.25, -0.2) is 9.37 Å². The Morgan fingerprint density at radius 2 is 1.93 bits per heavy atom. The van der Waals surface area contributed by atoms with Gasteiger partial charge >= 0.3 is 6.18 Å². The summed E-state index contributed by atoms with van der Waals surface area (Å²) >= 11 is 0. The van der Waals surface area contributed by atoms with E-state index in [1.165, 1.54) is 18.2 Å². The molecule has 7 heteroatoms. The summed E-state index contributed by atoms with van der Waals surface area (Å²) in [5.41, 5.74) is -0.942. The lowest BCUT2D eigenvalue weighted by atomic mass is 9.83. The number of aryl methyl sites for hydroxylation is 1. The quantitative estimate of drug-likeness (QED) is 0.779. The molecule has 1 aliphatic heterocycles. The highest BCUT2D eigenvalue weighted by Crippen LogP contribution is 2.48. The topological polar surface area (TPSA) is 36.4 Å². The standard InChI is InChI=1S/C21H22F4N2O/c22-16-4-1-3-14(11-16)7-9-20(28)10-8-15-12-27(13-17(15)20)19-6-2-5-18(26-19)21(23,24)25/h1-6,11,15,17,28H,7-10,12-13H2/t15-,17+,20-/m1/s1. The van der Waals surface area contributed by atoms with Crippen molar-refractivity contribution in [1.82, 2.24) is 4.98 Å². The molecular weight excluding hydrogens is 372 g/mol. The van der Waals surface area contributed by atoms with Crippen LogP contribution in [0.3, 0.4) is 0 Å². The van der Waals surface area contributed by atoms with Gasteiger partial charge in [-0.05, 0) is 61.4 Å². The van der Waals surface area contributed by atoms with Crippen LogP contribution in [0.2, 0.25) is 0 Å². The van der Waals surface area contributed by atoms with Gasteiger partial charge in [-0.15, -0.1) is 0 Å². The first-order valence-corrected chi connectivity index (χ1v) is 9.51. The molecule has 0 radical (unpaired) electrons. The fourth-order valence-corrected chi connectivity index (χ4v) is 4.70. The van der Waals surface area contributed by atoms with E-state index in [0.29, 0.717) is 38.2 Å². The summed E-state index contributed by atoms with van der Waals surface area (Å²) in [4.78, 5) is 5.63. The fourth-order valence-electron chi connectivity index (χ4n) is 4.70. The molecule has 4 rings (SSSR count). The summed E-state index contributed by atoms with van der Waals surface area (Å²) in [7, 11) is 0. The number of aromatic nitrogens is 1. The van der Waals surface area contributed by atoms with Gasteiger partial charge in [-0.1, -0.05) is 18.2 Å². The maximum Gasteiger partial charge on any atom is 0.433 e. The minimum absolute atomic E-state index is 0.0163. The Morgan fingerprint density at radius 1 is 1.14 bits per heavy atom. The third-order valence-electron chi connectivity index (χ3n) is 6.16. The number of aliphatic hydroxyl groups is 1. The minimum Gasteiger partial charge on any atom is -0.390 e. The van der Waals surface area contributed by atoms with Crippen LogP contribution in [0, 0.1) is 17.7 Å². The van der Waals surface area contributed by atoms with Crippen molar-refractivity contribution in [3.63, 3.8) is 0 Å². The smallest absolute Gasteiger partial charge is 0.390 e. The average Bonchev–Trinajstić information content (AvgIpc) is 3.21. The Labute approximate surface area is 161 Å². The van der Waals surface area contributed by atoms with Crippen LogP contribution in [-0.4, -0.2) is 28.8 Å². The second kappa shape index (κ2) is 7.03. The van der Waals surface area contributed by atoms with Gasteiger partial charge in [-0.3, -0.25) is 0 Å². The Kier molecular flexibility index (Phi) is 4.81. The Hall–Kier alpha value is -2.15. The lowest BCUT2D eigenvalue weighted by Crippen LogP contribution is -2.38. The Morgan fingerprint density at radius 3 is 2.68 bits per heavy atom. The summed E-state index contributed by atoms with van der Waals surface area (Å²) < 4.78 is 52.2. The molecule has 1 saturated carbocycles. The summed E-state index contributed by atoms with van der Waals surface area (Å²) in [6, 6.07) is 10.3. The van der Waals surface area contributed by atoms with Crippen LogP contribution in [-0.2, 0) is 12.6 Å². The van der Waals surface area contributed by atoms with E-state index in [4.69, 9.17) is 0 Å². The van der Waals surface area contributed by atoms with Crippen molar-refractivity contribution >= 4 is 5.82 Å². The second-order valence-electron chi connectivity index (χ2n) is 7.92. The van der Waals surface area contributed by atoms with E-state index >= 15 is 0 Å². The van der Waals surface area contributed by atoms with Gasteiger partial charge < -0.3 is 10.0 Å². The predicted octanol–water partition coefficient (Wildman–Crippen LogP) is 4.45. The monoisotopic (exact) mass is 394 g/mol. The van der Waals surface area contributed by atoms with E-state index in [1.807, 2.05) is 11.0 Å². The van der Waals surface area contributed by atoms with E-state index < -0.39 is 17.5 Å². The van der Waals surface area contributed by atoms with Crippen LogP contribution in [0.4, 0.5) is 23.4 Å². The van der Waals surface area contributed by atoms with Gasteiger partial charge in [0.1, 0.15) is 17.3 Å². The Balaban J connectivity index is 1.46. The zero-order valence-corrected chi connectivity index (χ0v) is 15.3. The lowest BCUT2D eigenvalue weighted by Gasteiger charge is -2.30. The van der Waals surface area contributed by atoms with Crippen molar-refractivity contribution in [2.75, 3.05) is 18.0 Å². The van der Waals surface area contributed by atoms with Crippen molar-refractivity contribution in [2.24, 2.45) is 11.8 Å². The zero-order valence-electron chi connectivity index (χ0n) is 15.3. The van der Waals surface area contributed by atoms with Gasteiger partial charge in [0.2, 0.25) is 0 Å². The highest BCUT2D eigenvalue weighted by molar-refractivity contribution is 5.42. The third kappa shape index (κ3) is 3.72. The van der Waals surface area contributed by atoms with Crippen LogP contribution in [0.25, 0.3) is 0 Å². The van der Waals surface area contributed by atoms with E-state index in [1.54, 1.807) is 12.1 Å². The van der Waals surface area contributed by atoms with Crippen molar-refractivity contribution < 1.29 is 22.7 Å². The van der Waals surface area contributed by atoms with E-state index in [0.717, 1.165) is 18.1 Å². The van der Waals surface area contributed by atoms with E-state index in [-0.39, 0.29) is 17.7 Å². The third-order valence-corrected chi connectivity index (χ3v) is 6.16. The molecule has 0 bridgehead atoms. The highest BCUT2D eigenvalue weighted by atomic mass is 19.4. The number of rotatable bonds is 4. The van der Waals surface area contributed by atoms with Crippen molar-refractivity contribution in [2.45, 2.75) is 37.5 Å². The normalized spacial score (nSPS) is 27.2. The summed E-state index contributed by atoms with van der Waals surface area (Å²) in [6.07, 6.45) is -1.89.